The van der Waals surface area contributed by atoms with Crippen LogP contribution in [0.25, 0.3) is 22.6 Å². The summed E-state index contributed by atoms with van der Waals surface area (Å²) in [5.41, 5.74) is 3.73. The van der Waals surface area contributed by atoms with E-state index in [0.29, 0.717) is 16.5 Å². The minimum Gasteiger partial charge on any atom is -0.507 e. The molecule has 1 amide bonds. The third-order valence-corrected chi connectivity index (χ3v) is 3.79. The molecule has 0 radical (unpaired) electrons. The lowest BCUT2D eigenvalue weighted by Gasteiger charge is -2.05. The summed E-state index contributed by atoms with van der Waals surface area (Å²) in [5, 5.41) is 13.6. The number of benzene rings is 2. The Balaban J connectivity index is 1.96. The molecule has 1 aliphatic rings. The number of carbonyl (C=O) groups excluding carboxylic acids is 1. The first-order valence-electron chi connectivity index (χ1n) is 6.93. The molecule has 0 spiro atoms. The van der Waals surface area contributed by atoms with E-state index >= 15 is 0 Å². The van der Waals surface area contributed by atoms with Crippen LogP contribution in [0.15, 0.2) is 54.7 Å². The van der Waals surface area contributed by atoms with Gasteiger partial charge in [-0.05, 0) is 35.9 Å². The molecule has 4 heteroatoms. The lowest BCUT2D eigenvalue weighted by Crippen LogP contribution is -2.03. The molecule has 0 bridgehead atoms. The maximum Gasteiger partial charge on any atom is 0.256 e. The SMILES string of the molecule is O=C1Nc2ccccc2C1=Cc1ccnc2cccc(O)c12. The number of fused-ring (bicyclic) bond motifs is 2. The fourth-order valence-corrected chi connectivity index (χ4v) is 2.77. The Morgan fingerprint density at radius 3 is 2.82 bits per heavy atom. The summed E-state index contributed by atoms with van der Waals surface area (Å²) in [4.78, 5) is 16.4. The van der Waals surface area contributed by atoms with E-state index in [4.69, 9.17) is 0 Å². The van der Waals surface area contributed by atoms with Crippen molar-refractivity contribution in [3.8, 4) is 5.75 Å². The van der Waals surface area contributed by atoms with Gasteiger partial charge >= 0.3 is 0 Å². The van der Waals surface area contributed by atoms with Gasteiger partial charge in [0.05, 0.1) is 5.52 Å². The van der Waals surface area contributed by atoms with Gasteiger partial charge in [0.2, 0.25) is 0 Å². The molecule has 0 atom stereocenters. The van der Waals surface area contributed by atoms with E-state index in [1.807, 2.05) is 30.3 Å². The number of carbonyl (C=O) groups is 1. The quantitative estimate of drug-likeness (QED) is 0.674. The Bertz CT molecular complexity index is 939. The molecular weight excluding hydrogens is 276 g/mol. The Kier molecular flexibility index (Phi) is 2.69. The van der Waals surface area contributed by atoms with Crippen molar-refractivity contribution in [3.63, 3.8) is 0 Å². The van der Waals surface area contributed by atoms with Crippen molar-refractivity contribution in [2.24, 2.45) is 0 Å². The van der Waals surface area contributed by atoms with Gasteiger partial charge in [0.25, 0.3) is 5.91 Å². The van der Waals surface area contributed by atoms with Gasteiger partial charge < -0.3 is 10.4 Å². The van der Waals surface area contributed by atoms with Crippen molar-refractivity contribution in [1.82, 2.24) is 4.98 Å². The van der Waals surface area contributed by atoms with E-state index in [9.17, 15) is 9.90 Å². The summed E-state index contributed by atoms with van der Waals surface area (Å²) in [7, 11) is 0. The van der Waals surface area contributed by atoms with E-state index in [-0.39, 0.29) is 11.7 Å². The predicted molar refractivity (Wildman–Crippen MR) is 86.4 cm³/mol. The van der Waals surface area contributed by atoms with Crippen LogP contribution in [-0.4, -0.2) is 16.0 Å². The van der Waals surface area contributed by atoms with Crippen molar-refractivity contribution < 1.29 is 9.90 Å². The summed E-state index contributed by atoms with van der Waals surface area (Å²) in [6.45, 7) is 0. The second-order valence-electron chi connectivity index (χ2n) is 5.13. The third kappa shape index (κ3) is 1.85. The number of para-hydroxylation sites is 1. The van der Waals surface area contributed by atoms with Crippen LogP contribution in [0.1, 0.15) is 11.1 Å². The van der Waals surface area contributed by atoms with Crippen LogP contribution in [-0.2, 0) is 4.79 Å². The molecule has 2 N–H and O–H groups in total. The van der Waals surface area contributed by atoms with Crippen LogP contribution in [0.4, 0.5) is 5.69 Å². The van der Waals surface area contributed by atoms with Crippen LogP contribution < -0.4 is 5.32 Å². The van der Waals surface area contributed by atoms with Gasteiger partial charge in [0.15, 0.2) is 0 Å². The van der Waals surface area contributed by atoms with Crippen LogP contribution >= 0.6 is 0 Å². The van der Waals surface area contributed by atoms with E-state index < -0.39 is 0 Å². The molecule has 106 valence electrons. The zero-order chi connectivity index (χ0) is 15.1. The molecule has 4 nitrogen and oxygen atoms in total. The number of aromatic hydroxyl groups is 1. The van der Waals surface area contributed by atoms with E-state index in [1.165, 1.54) is 0 Å². The highest BCUT2D eigenvalue weighted by Gasteiger charge is 2.23. The first kappa shape index (κ1) is 12.6. The number of rotatable bonds is 1. The standard InChI is InChI=1S/C18H12N2O2/c21-16-7-3-6-15-17(16)11(8-9-19-15)10-13-12-4-1-2-5-14(12)20-18(13)22/h1-10,21H,(H,20,22). The number of phenols is 1. The highest BCUT2D eigenvalue weighted by atomic mass is 16.3. The highest BCUT2D eigenvalue weighted by molar-refractivity contribution is 6.35. The number of amides is 1. The number of hydrogen-bond acceptors (Lipinski definition) is 3. The van der Waals surface area contributed by atoms with Crippen LogP contribution in [0.3, 0.4) is 0 Å². The first-order valence-corrected chi connectivity index (χ1v) is 6.93. The zero-order valence-electron chi connectivity index (χ0n) is 11.6. The molecule has 4 rings (SSSR count). The maximum atomic E-state index is 12.2. The van der Waals surface area contributed by atoms with Crippen molar-refractivity contribution in [3.05, 3.63) is 65.9 Å². The van der Waals surface area contributed by atoms with Crippen LogP contribution in [0.2, 0.25) is 0 Å². The van der Waals surface area contributed by atoms with Gasteiger partial charge in [-0.25, -0.2) is 0 Å². The largest absolute Gasteiger partial charge is 0.507 e. The van der Waals surface area contributed by atoms with Gasteiger partial charge in [-0.2, -0.15) is 0 Å². The Morgan fingerprint density at radius 2 is 1.91 bits per heavy atom. The number of phenolic OH excluding ortho intramolecular Hbond substituents is 1. The average molecular weight is 288 g/mol. The molecule has 0 saturated carbocycles. The minimum atomic E-state index is -0.137. The smallest absolute Gasteiger partial charge is 0.256 e. The summed E-state index contributed by atoms with van der Waals surface area (Å²) in [5.74, 6) is 0.0192. The van der Waals surface area contributed by atoms with E-state index in [2.05, 4.69) is 10.3 Å². The van der Waals surface area contributed by atoms with Gasteiger partial charge in [-0.15, -0.1) is 0 Å². The lowest BCUT2D eigenvalue weighted by atomic mass is 10.0. The normalized spacial score (nSPS) is 15.1. The molecule has 3 aromatic rings. The maximum absolute atomic E-state index is 12.2. The van der Waals surface area contributed by atoms with Crippen molar-refractivity contribution in [2.45, 2.75) is 0 Å². The Labute approximate surface area is 126 Å². The Morgan fingerprint density at radius 1 is 1.05 bits per heavy atom. The van der Waals surface area contributed by atoms with Crippen molar-refractivity contribution in [1.29, 1.82) is 0 Å². The third-order valence-electron chi connectivity index (χ3n) is 3.79. The first-order chi connectivity index (χ1) is 10.7. The van der Waals surface area contributed by atoms with Gasteiger partial charge in [0, 0.05) is 28.4 Å². The molecule has 1 aromatic heterocycles. The fourth-order valence-electron chi connectivity index (χ4n) is 2.77. The fraction of sp³-hybridized carbons (Fsp3) is 0. The summed E-state index contributed by atoms with van der Waals surface area (Å²) in [6, 6.07) is 14.6. The Hall–Kier alpha value is -3.14. The summed E-state index contributed by atoms with van der Waals surface area (Å²) >= 11 is 0. The second-order valence-corrected chi connectivity index (χ2v) is 5.13. The molecular formula is C18H12N2O2. The lowest BCUT2D eigenvalue weighted by molar-refractivity contribution is -0.110. The summed E-state index contributed by atoms with van der Waals surface area (Å²) < 4.78 is 0. The highest BCUT2D eigenvalue weighted by Crippen LogP contribution is 2.35. The number of nitrogens with one attached hydrogen (secondary N) is 1. The number of aromatic nitrogens is 1. The van der Waals surface area contributed by atoms with Gasteiger partial charge in [0.1, 0.15) is 5.75 Å². The molecule has 2 heterocycles. The molecule has 22 heavy (non-hydrogen) atoms. The molecule has 2 aromatic carbocycles. The minimum absolute atomic E-state index is 0.137. The van der Waals surface area contributed by atoms with Gasteiger partial charge in [-0.3, -0.25) is 9.78 Å². The molecule has 0 unspecified atom stereocenters. The number of pyridine rings is 1. The van der Waals surface area contributed by atoms with E-state index in [1.54, 1.807) is 30.5 Å². The molecule has 1 aliphatic heterocycles. The topological polar surface area (TPSA) is 62.2 Å². The number of nitrogens with zero attached hydrogens (tertiary/aromatic N) is 1. The zero-order valence-corrected chi connectivity index (χ0v) is 11.6. The molecule has 0 fully saturated rings. The number of anilines is 1. The second kappa shape index (κ2) is 4.70. The molecule has 0 saturated heterocycles. The monoisotopic (exact) mass is 288 g/mol. The van der Waals surface area contributed by atoms with E-state index in [0.717, 1.165) is 16.8 Å². The van der Waals surface area contributed by atoms with Crippen LogP contribution in [0.5, 0.6) is 5.75 Å². The summed E-state index contributed by atoms with van der Waals surface area (Å²) in [6.07, 6.45) is 3.47. The predicted octanol–water partition coefficient (Wildman–Crippen LogP) is 3.43. The van der Waals surface area contributed by atoms with Crippen LogP contribution in [0, 0.1) is 0 Å². The molecule has 0 aliphatic carbocycles. The van der Waals surface area contributed by atoms with Crippen molar-refractivity contribution in [2.75, 3.05) is 5.32 Å². The van der Waals surface area contributed by atoms with Crippen molar-refractivity contribution >= 4 is 34.1 Å². The van der Waals surface area contributed by atoms with Gasteiger partial charge in [-0.1, -0.05) is 24.3 Å². The average Bonchev–Trinajstić information content (AvgIpc) is 2.84. The number of hydrogen-bond donors (Lipinski definition) is 2.